The van der Waals surface area contributed by atoms with Crippen LogP contribution in [-0.4, -0.2) is 0 Å². The number of hydrogen-bond donors (Lipinski definition) is 0. The second-order valence-electron chi connectivity index (χ2n) is 14.1. The number of para-hydroxylation sites is 1. The average molecular weight is 637 g/mol. The van der Waals surface area contributed by atoms with Gasteiger partial charge in [-0.05, 0) is 91.0 Å². The lowest BCUT2D eigenvalue weighted by Crippen LogP contribution is -2.32. The summed E-state index contributed by atoms with van der Waals surface area (Å²) in [6, 6.07) is 65.0. The summed E-state index contributed by atoms with van der Waals surface area (Å²) in [5.74, 6) is 1.82. The molecule has 0 aromatic heterocycles. The standard InChI is InChI=1S/C49H32O/c1-48(33-16-3-2-4-17-33)41-25-9-10-27-44(41)50-45-30-32(28-29-42(45)48)34-20-13-22-38-36-19-6-8-24-40(36)49(47(34)38)39-23-7-5-18-35(39)37-21-11-14-31-15-12-26-43(49)46(31)37/h2-30H,1H3. The van der Waals surface area contributed by atoms with Crippen LogP contribution < -0.4 is 4.74 Å². The summed E-state index contributed by atoms with van der Waals surface area (Å²) in [6.07, 6.45) is 0. The summed E-state index contributed by atoms with van der Waals surface area (Å²) in [5.41, 5.74) is 15.7. The van der Waals surface area contributed by atoms with Crippen LogP contribution in [-0.2, 0) is 10.8 Å². The van der Waals surface area contributed by atoms with Crippen LogP contribution in [0.15, 0.2) is 176 Å². The summed E-state index contributed by atoms with van der Waals surface area (Å²) >= 11 is 0. The highest BCUT2D eigenvalue weighted by Gasteiger charge is 2.51. The zero-order chi connectivity index (χ0) is 33.0. The van der Waals surface area contributed by atoms with E-state index in [0.29, 0.717) is 0 Å². The molecule has 1 spiro atoms. The van der Waals surface area contributed by atoms with Crippen LogP contribution >= 0.6 is 0 Å². The molecule has 234 valence electrons. The molecule has 1 aliphatic heterocycles. The first-order valence-corrected chi connectivity index (χ1v) is 17.5. The predicted molar refractivity (Wildman–Crippen MR) is 204 cm³/mol. The molecule has 0 saturated carbocycles. The molecule has 1 heterocycles. The number of rotatable bonds is 2. The van der Waals surface area contributed by atoms with E-state index in [2.05, 4.69) is 183 Å². The fourth-order valence-corrected chi connectivity index (χ4v) is 9.73. The Bertz CT molecular complexity index is 2700. The Morgan fingerprint density at radius 3 is 1.76 bits per heavy atom. The minimum atomic E-state index is -0.491. The highest BCUT2D eigenvalue weighted by atomic mass is 16.5. The van der Waals surface area contributed by atoms with E-state index in [0.717, 1.165) is 17.1 Å². The van der Waals surface area contributed by atoms with Crippen LogP contribution in [0.25, 0.3) is 44.2 Å². The number of hydrogen-bond acceptors (Lipinski definition) is 1. The summed E-state index contributed by atoms with van der Waals surface area (Å²) < 4.78 is 6.82. The van der Waals surface area contributed by atoms with Gasteiger partial charge in [0.1, 0.15) is 11.5 Å². The Kier molecular flexibility index (Phi) is 5.51. The van der Waals surface area contributed by atoms with E-state index in [1.54, 1.807) is 0 Å². The van der Waals surface area contributed by atoms with E-state index in [-0.39, 0.29) is 5.41 Å². The maximum absolute atomic E-state index is 6.82. The van der Waals surface area contributed by atoms with Crippen molar-refractivity contribution in [2.24, 2.45) is 0 Å². The van der Waals surface area contributed by atoms with E-state index < -0.39 is 5.41 Å². The third-order valence-electron chi connectivity index (χ3n) is 11.8. The van der Waals surface area contributed by atoms with Gasteiger partial charge in [0.05, 0.1) is 5.41 Å². The lowest BCUT2D eigenvalue weighted by molar-refractivity contribution is 0.427. The Labute approximate surface area is 292 Å². The van der Waals surface area contributed by atoms with Gasteiger partial charge in [-0.3, -0.25) is 0 Å². The van der Waals surface area contributed by atoms with E-state index >= 15 is 0 Å². The van der Waals surface area contributed by atoms with Gasteiger partial charge >= 0.3 is 0 Å². The average Bonchev–Trinajstić information content (AvgIpc) is 3.48. The van der Waals surface area contributed by atoms with Crippen LogP contribution in [0.4, 0.5) is 0 Å². The van der Waals surface area contributed by atoms with Gasteiger partial charge in [0, 0.05) is 16.5 Å². The van der Waals surface area contributed by atoms with Crippen molar-refractivity contribution in [1.29, 1.82) is 0 Å². The summed E-state index contributed by atoms with van der Waals surface area (Å²) in [4.78, 5) is 0. The predicted octanol–water partition coefficient (Wildman–Crippen LogP) is 12.3. The van der Waals surface area contributed by atoms with E-state index in [1.165, 1.54) is 77.5 Å². The molecule has 1 nitrogen and oxygen atoms in total. The molecule has 3 aliphatic rings. The fraction of sp³-hybridized carbons (Fsp3) is 0.0612. The Morgan fingerprint density at radius 1 is 0.400 bits per heavy atom. The smallest absolute Gasteiger partial charge is 0.132 e. The maximum Gasteiger partial charge on any atom is 0.132 e. The second-order valence-corrected chi connectivity index (χ2v) is 14.1. The Balaban J connectivity index is 1.22. The maximum atomic E-state index is 6.82. The van der Waals surface area contributed by atoms with Crippen molar-refractivity contribution in [2.75, 3.05) is 0 Å². The largest absolute Gasteiger partial charge is 0.457 e. The van der Waals surface area contributed by atoms with Gasteiger partial charge in [-0.1, -0.05) is 164 Å². The van der Waals surface area contributed by atoms with Gasteiger partial charge in [-0.2, -0.15) is 0 Å². The van der Waals surface area contributed by atoms with E-state index in [9.17, 15) is 0 Å². The van der Waals surface area contributed by atoms with Crippen molar-refractivity contribution in [3.05, 3.63) is 215 Å². The first-order chi connectivity index (χ1) is 24.7. The zero-order valence-electron chi connectivity index (χ0n) is 27.7. The highest BCUT2D eigenvalue weighted by molar-refractivity contribution is 6.08. The fourth-order valence-electron chi connectivity index (χ4n) is 9.73. The van der Waals surface area contributed by atoms with E-state index in [1.807, 2.05) is 0 Å². The molecule has 50 heavy (non-hydrogen) atoms. The molecule has 0 amide bonds. The SMILES string of the molecule is CC1(c2ccccc2)c2ccccc2Oc2cc(-c3cccc4c3C3(c5ccccc5-4)c4ccccc4-c4cccc5cccc3c45)ccc21. The van der Waals surface area contributed by atoms with E-state index in [4.69, 9.17) is 4.74 Å². The lowest BCUT2D eigenvalue weighted by Gasteiger charge is -2.41. The molecule has 0 saturated heterocycles. The third kappa shape index (κ3) is 3.37. The van der Waals surface area contributed by atoms with Crippen molar-refractivity contribution >= 4 is 10.8 Å². The van der Waals surface area contributed by atoms with Crippen molar-refractivity contribution in [3.8, 4) is 44.9 Å². The second kappa shape index (κ2) is 9.94. The molecule has 2 unspecified atom stereocenters. The minimum absolute atomic E-state index is 0.359. The molecule has 0 fully saturated rings. The molecule has 2 atom stereocenters. The third-order valence-corrected chi connectivity index (χ3v) is 11.8. The van der Waals surface area contributed by atoms with Crippen LogP contribution in [0, 0.1) is 0 Å². The number of ether oxygens (including phenoxy) is 1. The Morgan fingerprint density at radius 2 is 0.960 bits per heavy atom. The molecule has 11 rings (SSSR count). The van der Waals surface area contributed by atoms with Crippen LogP contribution in [0.5, 0.6) is 11.5 Å². The van der Waals surface area contributed by atoms with Gasteiger partial charge in [0.25, 0.3) is 0 Å². The number of fused-ring (bicyclic) bond motifs is 11. The highest BCUT2D eigenvalue weighted by Crippen LogP contribution is 2.64. The summed E-state index contributed by atoms with van der Waals surface area (Å²) in [5, 5.41) is 2.62. The molecule has 1 heteroatoms. The minimum Gasteiger partial charge on any atom is -0.457 e. The Hall–Kier alpha value is -6.18. The zero-order valence-corrected chi connectivity index (χ0v) is 27.7. The van der Waals surface area contributed by atoms with Gasteiger partial charge < -0.3 is 4.74 Å². The van der Waals surface area contributed by atoms with Crippen molar-refractivity contribution in [3.63, 3.8) is 0 Å². The summed E-state index contributed by atoms with van der Waals surface area (Å²) in [6.45, 7) is 2.34. The van der Waals surface area contributed by atoms with Gasteiger partial charge in [0.2, 0.25) is 0 Å². The molecule has 0 radical (unpaired) electrons. The molecule has 8 aromatic rings. The molecule has 8 aromatic carbocycles. The van der Waals surface area contributed by atoms with Crippen LogP contribution in [0.1, 0.15) is 45.9 Å². The first kappa shape index (κ1) is 27.7. The summed E-state index contributed by atoms with van der Waals surface area (Å²) in [7, 11) is 0. The molecule has 2 aliphatic carbocycles. The molecule has 0 N–H and O–H groups in total. The molecule has 0 bridgehead atoms. The van der Waals surface area contributed by atoms with Crippen molar-refractivity contribution < 1.29 is 4.74 Å². The monoisotopic (exact) mass is 636 g/mol. The first-order valence-electron chi connectivity index (χ1n) is 17.5. The molecular formula is C49H32O. The van der Waals surface area contributed by atoms with Crippen molar-refractivity contribution in [1.82, 2.24) is 0 Å². The molecular weight excluding hydrogens is 605 g/mol. The van der Waals surface area contributed by atoms with Gasteiger partial charge in [-0.25, -0.2) is 0 Å². The van der Waals surface area contributed by atoms with Crippen LogP contribution in [0.2, 0.25) is 0 Å². The van der Waals surface area contributed by atoms with Crippen molar-refractivity contribution in [2.45, 2.75) is 17.8 Å². The number of benzene rings is 8. The van der Waals surface area contributed by atoms with Gasteiger partial charge in [-0.15, -0.1) is 0 Å². The van der Waals surface area contributed by atoms with Gasteiger partial charge in [0.15, 0.2) is 0 Å². The lowest BCUT2D eigenvalue weighted by atomic mass is 9.60. The topological polar surface area (TPSA) is 9.23 Å². The normalized spacial score (nSPS) is 18.8. The van der Waals surface area contributed by atoms with Crippen LogP contribution in [0.3, 0.4) is 0 Å². The quantitative estimate of drug-likeness (QED) is 0.183.